The molecule has 1 aromatic heterocycles. The van der Waals surface area contributed by atoms with Crippen molar-refractivity contribution >= 4 is 34.1 Å². The molecule has 6 nitrogen and oxygen atoms in total. The molecule has 0 bridgehead atoms. The zero-order valence-electron chi connectivity index (χ0n) is 15.0. The summed E-state index contributed by atoms with van der Waals surface area (Å²) >= 11 is 1.39. The fourth-order valence-electron chi connectivity index (χ4n) is 3.93. The fourth-order valence-corrected chi connectivity index (χ4v) is 5.23. The Bertz CT molecular complexity index is 809. The Labute approximate surface area is 156 Å². The van der Waals surface area contributed by atoms with Crippen LogP contribution >= 0.6 is 11.3 Å². The van der Waals surface area contributed by atoms with E-state index in [2.05, 4.69) is 5.32 Å². The van der Waals surface area contributed by atoms with Gasteiger partial charge in [-0.05, 0) is 57.9 Å². The summed E-state index contributed by atoms with van der Waals surface area (Å²) in [7, 11) is 0. The van der Waals surface area contributed by atoms with Crippen LogP contribution in [0.3, 0.4) is 0 Å². The van der Waals surface area contributed by atoms with Crippen LogP contribution in [0, 0.1) is 11.8 Å². The molecule has 26 heavy (non-hydrogen) atoms. The Balaban J connectivity index is 1.89. The van der Waals surface area contributed by atoms with Crippen molar-refractivity contribution in [1.29, 1.82) is 0 Å². The Morgan fingerprint density at radius 2 is 1.69 bits per heavy atom. The van der Waals surface area contributed by atoms with E-state index in [9.17, 15) is 19.5 Å². The third-order valence-corrected chi connectivity index (χ3v) is 6.77. The number of nitrogens with one attached hydrogen (secondary N) is 1. The molecule has 0 aromatic carbocycles. The predicted octanol–water partition coefficient (Wildman–Crippen LogP) is 1.78. The van der Waals surface area contributed by atoms with E-state index in [0.29, 0.717) is 23.4 Å². The molecule has 0 saturated carbocycles. The monoisotopic (exact) mass is 375 g/mol. The summed E-state index contributed by atoms with van der Waals surface area (Å²) in [6, 6.07) is 0. The van der Waals surface area contributed by atoms with Crippen molar-refractivity contribution in [2.45, 2.75) is 52.4 Å². The second-order valence-electron chi connectivity index (χ2n) is 7.27. The van der Waals surface area contributed by atoms with Crippen LogP contribution in [-0.2, 0) is 22.4 Å². The first-order valence-electron chi connectivity index (χ1n) is 8.90. The van der Waals surface area contributed by atoms with Gasteiger partial charge in [0.2, 0.25) is 5.91 Å². The van der Waals surface area contributed by atoms with Crippen molar-refractivity contribution in [3.05, 3.63) is 27.2 Å². The average Bonchev–Trinajstić information content (AvgIpc) is 2.94. The molecule has 1 aromatic rings. The van der Waals surface area contributed by atoms with Gasteiger partial charge in [0.1, 0.15) is 5.00 Å². The van der Waals surface area contributed by atoms with Crippen molar-refractivity contribution in [3.63, 3.8) is 0 Å². The van der Waals surface area contributed by atoms with E-state index >= 15 is 0 Å². The summed E-state index contributed by atoms with van der Waals surface area (Å²) in [4.78, 5) is 37.4. The van der Waals surface area contributed by atoms with Gasteiger partial charge in [0.05, 0.1) is 11.5 Å². The molecule has 0 fully saturated rings. The van der Waals surface area contributed by atoms with Crippen LogP contribution in [0.1, 0.15) is 60.3 Å². The van der Waals surface area contributed by atoms with Crippen molar-refractivity contribution < 1.29 is 19.5 Å². The Hall–Kier alpha value is -2.15. The lowest BCUT2D eigenvalue weighted by atomic mass is 9.76. The van der Waals surface area contributed by atoms with Gasteiger partial charge >= 0.3 is 0 Å². The second-order valence-corrected chi connectivity index (χ2v) is 8.37. The molecule has 2 atom stereocenters. The number of hydrogen-bond donors (Lipinski definition) is 2. The zero-order chi connectivity index (χ0) is 19.0. The lowest BCUT2D eigenvalue weighted by Gasteiger charge is -2.32. The molecule has 2 amide bonds. The van der Waals surface area contributed by atoms with Crippen molar-refractivity contribution in [1.82, 2.24) is 0 Å². The van der Waals surface area contributed by atoms with Crippen LogP contribution in [0.5, 0.6) is 0 Å². The van der Waals surface area contributed by atoms with Gasteiger partial charge in [0, 0.05) is 16.8 Å². The molecule has 1 heterocycles. The van der Waals surface area contributed by atoms with Gasteiger partial charge in [-0.1, -0.05) is 11.1 Å². The maximum atomic E-state index is 12.9. The van der Waals surface area contributed by atoms with Gasteiger partial charge in [-0.15, -0.1) is 11.3 Å². The summed E-state index contributed by atoms with van der Waals surface area (Å²) in [5.74, 6) is -3.70. The number of allylic oxidation sites excluding steroid dienone is 2. The first kappa shape index (κ1) is 18.6. The van der Waals surface area contributed by atoms with Crippen molar-refractivity contribution in [2.24, 2.45) is 17.6 Å². The number of carboxylic acids is 1. The number of carbonyl (C=O) groups excluding carboxylic acids is 3. The maximum absolute atomic E-state index is 12.9. The van der Waals surface area contributed by atoms with E-state index < -0.39 is 23.7 Å². The highest BCUT2D eigenvalue weighted by atomic mass is 32.1. The number of aryl methyl sites for hydroxylation is 1. The quantitative estimate of drug-likeness (QED) is 0.781. The van der Waals surface area contributed by atoms with E-state index in [1.807, 2.05) is 13.8 Å². The summed E-state index contributed by atoms with van der Waals surface area (Å²) in [5, 5.41) is 14.8. The summed E-state index contributed by atoms with van der Waals surface area (Å²) in [6.45, 7) is 3.80. The van der Waals surface area contributed by atoms with Crippen LogP contribution in [-0.4, -0.2) is 17.8 Å². The van der Waals surface area contributed by atoms with Gasteiger partial charge in [0.25, 0.3) is 5.91 Å². The highest BCUT2D eigenvalue weighted by Crippen LogP contribution is 2.39. The minimum atomic E-state index is -1.21. The summed E-state index contributed by atoms with van der Waals surface area (Å²) < 4.78 is 0. The highest BCUT2D eigenvalue weighted by molar-refractivity contribution is 7.17. The molecular formula is C19H23N2O4S-. The third kappa shape index (κ3) is 3.40. The van der Waals surface area contributed by atoms with Crippen molar-refractivity contribution in [3.8, 4) is 0 Å². The number of primary amides is 1. The predicted molar refractivity (Wildman–Crippen MR) is 97.7 cm³/mol. The molecule has 2 aliphatic carbocycles. The summed E-state index contributed by atoms with van der Waals surface area (Å²) in [5.41, 5.74) is 8.91. The largest absolute Gasteiger partial charge is 0.550 e. The first-order chi connectivity index (χ1) is 12.3. The molecule has 140 valence electrons. The molecule has 0 radical (unpaired) electrons. The molecule has 0 unspecified atom stereocenters. The van der Waals surface area contributed by atoms with E-state index in [0.717, 1.165) is 47.3 Å². The maximum Gasteiger partial charge on any atom is 0.251 e. The van der Waals surface area contributed by atoms with Gasteiger partial charge in [-0.25, -0.2) is 0 Å². The molecule has 0 spiro atoms. The molecular weight excluding hydrogens is 352 g/mol. The number of fused-ring (bicyclic) bond motifs is 1. The van der Waals surface area contributed by atoms with E-state index in [-0.39, 0.29) is 5.91 Å². The second kappa shape index (κ2) is 7.23. The minimum absolute atomic E-state index is 0.315. The first-order valence-corrected chi connectivity index (χ1v) is 9.72. The van der Waals surface area contributed by atoms with Gasteiger partial charge in [0.15, 0.2) is 0 Å². The number of carbonyl (C=O) groups is 3. The number of anilines is 1. The molecule has 0 aliphatic heterocycles. The number of rotatable bonds is 4. The third-order valence-electron chi connectivity index (χ3n) is 5.56. The molecule has 3 N–H and O–H groups in total. The Morgan fingerprint density at radius 1 is 1.08 bits per heavy atom. The van der Waals surface area contributed by atoms with Crippen LogP contribution in [0.2, 0.25) is 0 Å². The average molecular weight is 375 g/mol. The number of carboxylic acid groups (broad SMARTS) is 1. The number of amides is 2. The van der Waals surface area contributed by atoms with Crippen LogP contribution in [0.15, 0.2) is 11.1 Å². The summed E-state index contributed by atoms with van der Waals surface area (Å²) in [6.07, 6.45) is 4.41. The lowest BCUT2D eigenvalue weighted by Crippen LogP contribution is -2.42. The molecule has 3 rings (SSSR count). The minimum Gasteiger partial charge on any atom is -0.550 e. The van der Waals surface area contributed by atoms with E-state index in [4.69, 9.17) is 5.73 Å². The van der Waals surface area contributed by atoms with Crippen LogP contribution in [0.25, 0.3) is 0 Å². The normalized spacial score (nSPS) is 22.7. The smallest absolute Gasteiger partial charge is 0.251 e. The number of aliphatic carboxylic acids is 1. The van der Waals surface area contributed by atoms with Crippen LogP contribution < -0.4 is 16.2 Å². The molecule has 2 aliphatic rings. The van der Waals surface area contributed by atoms with Crippen LogP contribution in [0.4, 0.5) is 5.00 Å². The molecule has 7 heteroatoms. The topological polar surface area (TPSA) is 112 Å². The van der Waals surface area contributed by atoms with E-state index in [1.165, 1.54) is 11.3 Å². The zero-order valence-corrected chi connectivity index (χ0v) is 15.8. The van der Waals surface area contributed by atoms with Gasteiger partial charge < -0.3 is 21.0 Å². The fraction of sp³-hybridized carbons (Fsp3) is 0.526. The van der Waals surface area contributed by atoms with E-state index in [1.54, 1.807) is 0 Å². The Morgan fingerprint density at radius 3 is 2.31 bits per heavy atom. The van der Waals surface area contributed by atoms with Gasteiger partial charge in [-0.2, -0.15) is 0 Å². The van der Waals surface area contributed by atoms with Crippen molar-refractivity contribution in [2.75, 3.05) is 5.32 Å². The molecule has 0 saturated heterocycles. The number of nitrogens with two attached hydrogens (primary N) is 1. The standard InChI is InChI=1S/C19H24N2O4S/c1-9-7-12(13(19(24)25)8-10(9)2)17(23)21-18-15(16(20)22)11-5-3-4-6-14(11)26-18/h12-13H,3-8H2,1-2H3,(H2,20,22)(H,21,23)(H,24,25)/p-1/t12-,13+/m1/s1. The number of thiophene rings is 1. The highest BCUT2D eigenvalue weighted by Gasteiger charge is 2.35. The lowest BCUT2D eigenvalue weighted by molar-refractivity contribution is -0.313. The van der Waals surface area contributed by atoms with Gasteiger partial charge in [-0.3, -0.25) is 9.59 Å². The Kier molecular flexibility index (Phi) is 5.18. The SMILES string of the molecule is CC1=C(C)C[C@@H](C(=O)Nc2sc3c(c2C(N)=O)CCCC3)[C@@H](C(=O)[O-])C1. The number of hydrogen-bond acceptors (Lipinski definition) is 5.